The predicted octanol–water partition coefficient (Wildman–Crippen LogP) is 1.70. The molecule has 0 aromatic rings. The van der Waals surface area contributed by atoms with E-state index in [1.807, 2.05) is 0 Å². The Bertz CT molecular complexity index is 275. The lowest BCUT2D eigenvalue weighted by Crippen LogP contribution is -2.18. The third kappa shape index (κ3) is 7.60. The monoisotopic (exact) mass is 288 g/mol. The Morgan fingerprint density at radius 2 is 1.95 bits per heavy atom. The van der Waals surface area contributed by atoms with E-state index in [0.717, 1.165) is 19.3 Å². The number of methoxy groups -OCH3 is 1. The number of hydrogen-bond acceptors (Lipinski definition) is 5. The minimum Gasteiger partial charge on any atom is -0.469 e. The van der Waals surface area contributed by atoms with E-state index in [1.165, 1.54) is 20.0 Å². The number of aliphatic hydroxyl groups is 2. The van der Waals surface area contributed by atoms with Gasteiger partial charge in [0.2, 0.25) is 0 Å². The lowest BCUT2D eigenvalue weighted by molar-refractivity contribution is -0.142. The summed E-state index contributed by atoms with van der Waals surface area (Å²) in [6, 6.07) is 0. The first-order valence-corrected chi connectivity index (χ1v) is 7.41. The van der Waals surface area contributed by atoms with Crippen molar-refractivity contribution in [2.75, 3.05) is 20.3 Å². The van der Waals surface area contributed by atoms with E-state index in [-0.39, 0.29) is 31.0 Å². The van der Waals surface area contributed by atoms with Gasteiger partial charge in [0.05, 0.1) is 20.3 Å². The summed E-state index contributed by atoms with van der Waals surface area (Å²) in [6.45, 7) is 1.91. The number of rotatable bonds is 7. The van der Waals surface area contributed by atoms with Crippen molar-refractivity contribution in [3.63, 3.8) is 0 Å². The van der Waals surface area contributed by atoms with Crippen molar-refractivity contribution in [3.8, 4) is 0 Å². The molecular formula is C15H28O5. The summed E-state index contributed by atoms with van der Waals surface area (Å²) in [7, 11) is 1.41. The molecule has 2 atom stereocenters. The van der Waals surface area contributed by atoms with Gasteiger partial charge in [-0.25, -0.2) is 0 Å². The average Bonchev–Trinajstić information content (AvgIpc) is 2.80. The molecule has 0 heterocycles. The summed E-state index contributed by atoms with van der Waals surface area (Å²) in [5.74, 6) is 0.521. The summed E-state index contributed by atoms with van der Waals surface area (Å²) in [5.41, 5.74) is 0. The summed E-state index contributed by atoms with van der Waals surface area (Å²) in [6.07, 6.45) is 6.33. The number of unbranched alkanes of at least 4 members (excludes halogenated alkanes) is 2. The molecule has 0 aromatic carbocycles. The lowest BCUT2D eigenvalue weighted by atomic mass is 9.88. The molecule has 1 rings (SSSR count). The van der Waals surface area contributed by atoms with Crippen LogP contribution in [0.15, 0.2) is 0 Å². The molecule has 0 aromatic heterocycles. The maximum atomic E-state index is 11.7. The van der Waals surface area contributed by atoms with Crippen LogP contribution in [0.25, 0.3) is 0 Å². The SMILES string of the molecule is CCCCC[C@@H]1C(=O)CC[C@H]1CC(=O)OC.OCCO. The van der Waals surface area contributed by atoms with Crippen molar-refractivity contribution in [1.29, 1.82) is 0 Å². The highest BCUT2D eigenvalue weighted by Gasteiger charge is 2.35. The number of esters is 1. The van der Waals surface area contributed by atoms with E-state index in [9.17, 15) is 9.59 Å². The summed E-state index contributed by atoms with van der Waals surface area (Å²) in [5, 5.41) is 15.2. The molecule has 1 fully saturated rings. The van der Waals surface area contributed by atoms with Gasteiger partial charge in [-0.3, -0.25) is 9.59 Å². The molecule has 0 amide bonds. The van der Waals surface area contributed by atoms with Crippen LogP contribution in [0.1, 0.15) is 51.9 Å². The normalized spacial score (nSPS) is 21.3. The van der Waals surface area contributed by atoms with Crippen LogP contribution >= 0.6 is 0 Å². The van der Waals surface area contributed by atoms with E-state index in [1.54, 1.807) is 0 Å². The Morgan fingerprint density at radius 3 is 2.45 bits per heavy atom. The molecule has 5 heteroatoms. The molecular weight excluding hydrogens is 260 g/mol. The molecule has 1 aliphatic rings. The summed E-state index contributed by atoms with van der Waals surface area (Å²) >= 11 is 0. The number of hydrogen-bond donors (Lipinski definition) is 2. The molecule has 2 N–H and O–H groups in total. The fourth-order valence-corrected chi connectivity index (χ4v) is 2.53. The van der Waals surface area contributed by atoms with Crippen molar-refractivity contribution < 1.29 is 24.5 Å². The molecule has 0 radical (unpaired) electrons. The van der Waals surface area contributed by atoms with Crippen LogP contribution in [0, 0.1) is 11.8 Å². The van der Waals surface area contributed by atoms with Gasteiger partial charge in [0, 0.05) is 18.8 Å². The Labute approximate surface area is 121 Å². The minimum absolute atomic E-state index is 0.116. The van der Waals surface area contributed by atoms with Gasteiger partial charge in [0.15, 0.2) is 0 Å². The third-order valence-corrected chi connectivity index (χ3v) is 3.62. The summed E-state index contributed by atoms with van der Waals surface area (Å²) < 4.78 is 4.67. The van der Waals surface area contributed by atoms with Gasteiger partial charge in [-0.05, 0) is 18.8 Å². The highest BCUT2D eigenvalue weighted by molar-refractivity contribution is 5.84. The topological polar surface area (TPSA) is 83.8 Å². The number of aliphatic hydroxyl groups excluding tert-OH is 2. The molecule has 0 unspecified atom stereocenters. The average molecular weight is 288 g/mol. The first-order valence-electron chi connectivity index (χ1n) is 7.41. The molecule has 0 aliphatic heterocycles. The van der Waals surface area contributed by atoms with Crippen molar-refractivity contribution in [2.24, 2.45) is 11.8 Å². The zero-order chi connectivity index (χ0) is 15.4. The minimum atomic E-state index is -0.180. The Balaban J connectivity index is 0.000000796. The van der Waals surface area contributed by atoms with Crippen molar-refractivity contribution in [1.82, 2.24) is 0 Å². The quantitative estimate of drug-likeness (QED) is 0.550. The van der Waals surface area contributed by atoms with E-state index in [4.69, 9.17) is 10.2 Å². The van der Waals surface area contributed by atoms with Crippen LogP contribution in [0.5, 0.6) is 0 Å². The zero-order valence-corrected chi connectivity index (χ0v) is 12.6. The molecule has 5 nitrogen and oxygen atoms in total. The zero-order valence-electron chi connectivity index (χ0n) is 12.6. The number of ether oxygens (including phenoxy) is 1. The van der Waals surface area contributed by atoms with Gasteiger partial charge in [0.25, 0.3) is 0 Å². The smallest absolute Gasteiger partial charge is 0.305 e. The Morgan fingerprint density at radius 1 is 1.30 bits per heavy atom. The van der Waals surface area contributed by atoms with Crippen molar-refractivity contribution in [3.05, 3.63) is 0 Å². The molecule has 118 valence electrons. The first-order chi connectivity index (χ1) is 9.60. The molecule has 0 spiro atoms. The van der Waals surface area contributed by atoms with Gasteiger partial charge < -0.3 is 14.9 Å². The molecule has 1 saturated carbocycles. The maximum Gasteiger partial charge on any atom is 0.305 e. The molecule has 0 saturated heterocycles. The van der Waals surface area contributed by atoms with Gasteiger partial charge in [-0.1, -0.05) is 26.2 Å². The predicted molar refractivity (Wildman–Crippen MR) is 76.2 cm³/mol. The highest BCUT2D eigenvalue weighted by Crippen LogP contribution is 2.35. The third-order valence-electron chi connectivity index (χ3n) is 3.62. The maximum absolute atomic E-state index is 11.7. The van der Waals surface area contributed by atoms with Crippen molar-refractivity contribution in [2.45, 2.75) is 51.9 Å². The summed E-state index contributed by atoms with van der Waals surface area (Å²) in [4.78, 5) is 22.9. The Kier molecular flexibility index (Phi) is 11.3. The fraction of sp³-hybridized carbons (Fsp3) is 0.867. The second-order valence-electron chi connectivity index (χ2n) is 5.09. The second-order valence-corrected chi connectivity index (χ2v) is 5.09. The standard InChI is InChI=1S/C13H22O3.C2H6O2/c1-3-4-5-6-11-10(7-8-12(11)14)9-13(15)16-2;3-1-2-4/h10-11H,3-9H2,1-2H3;3-4H,1-2H2/t10-,11-;/m0./s1. The van der Waals surface area contributed by atoms with Crippen LogP contribution in [0.4, 0.5) is 0 Å². The van der Waals surface area contributed by atoms with Gasteiger partial charge >= 0.3 is 5.97 Å². The van der Waals surface area contributed by atoms with Crippen LogP contribution in [-0.2, 0) is 14.3 Å². The first kappa shape index (κ1) is 19.1. The molecule has 1 aliphatic carbocycles. The molecule has 0 bridgehead atoms. The van der Waals surface area contributed by atoms with E-state index < -0.39 is 0 Å². The van der Waals surface area contributed by atoms with Crippen LogP contribution in [-0.4, -0.2) is 42.3 Å². The van der Waals surface area contributed by atoms with Crippen molar-refractivity contribution >= 4 is 11.8 Å². The van der Waals surface area contributed by atoms with Gasteiger partial charge in [-0.2, -0.15) is 0 Å². The number of ketones is 1. The van der Waals surface area contributed by atoms with Gasteiger partial charge in [-0.15, -0.1) is 0 Å². The van der Waals surface area contributed by atoms with E-state index in [0.29, 0.717) is 18.6 Å². The van der Waals surface area contributed by atoms with E-state index in [2.05, 4.69) is 11.7 Å². The lowest BCUT2D eigenvalue weighted by Gasteiger charge is -2.16. The Hall–Kier alpha value is -0.940. The van der Waals surface area contributed by atoms with E-state index >= 15 is 0 Å². The highest BCUT2D eigenvalue weighted by atomic mass is 16.5. The van der Waals surface area contributed by atoms with Crippen LogP contribution in [0.2, 0.25) is 0 Å². The number of Topliss-reactive ketones (excluding diaryl/α,β-unsaturated/α-hetero) is 1. The number of carbonyl (C=O) groups excluding carboxylic acids is 2. The fourth-order valence-electron chi connectivity index (χ4n) is 2.53. The largest absolute Gasteiger partial charge is 0.469 e. The number of carbonyl (C=O) groups is 2. The van der Waals surface area contributed by atoms with Gasteiger partial charge in [0.1, 0.15) is 5.78 Å². The van der Waals surface area contributed by atoms with Crippen LogP contribution < -0.4 is 0 Å². The molecule has 20 heavy (non-hydrogen) atoms. The second kappa shape index (κ2) is 11.9. The van der Waals surface area contributed by atoms with Crippen LogP contribution in [0.3, 0.4) is 0 Å².